The van der Waals surface area contributed by atoms with Gasteiger partial charge < -0.3 is 5.32 Å². The first-order chi connectivity index (χ1) is 8.22. The van der Waals surface area contributed by atoms with Crippen molar-refractivity contribution in [2.24, 2.45) is 5.92 Å². The lowest BCUT2D eigenvalue weighted by molar-refractivity contribution is 0.00442. The molecule has 0 bridgehead atoms. The van der Waals surface area contributed by atoms with Crippen molar-refractivity contribution < 1.29 is 17.2 Å². The topological polar surface area (TPSA) is 46.2 Å². The summed E-state index contributed by atoms with van der Waals surface area (Å²) >= 11 is 0. The van der Waals surface area contributed by atoms with Crippen molar-refractivity contribution in [2.75, 3.05) is 18.6 Å². The fourth-order valence-electron chi connectivity index (χ4n) is 2.57. The largest absolute Gasteiger partial charge is 0.313 e. The Balaban J connectivity index is 2.50. The van der Waals surface area contributed by atoms with Crippen molar-refractivity contribution >= 4 is 9.84 Å². The molecule has 6 heteroatoms. The fraction of sp³-hybridized carbons (Fsp3) is 1.00. The van der Waals surface area contributed by atoms with Gasteiger partial charge in [0.2, 0.25) is 5.92 Å². The molecule has 1 fully saturated rings. The zero-order valence-corrected chi connectivity index (χ0v) is 11.9. The van der Waals surface area contributed by atoms with Gasteiger partial charge in [-0.3, -0.25) is 0 Å². The third-order valence-electron chi connectivity index (χ3n) is 3.31. The van der Waals surface area contributed by atoms with E-state index in [1.807, 2.05) is 6.92 Å². The molecule has 0 saturated heterocycles. The van der Waals surface area contributed by atoms with Crippen LogP contribution in [0.1, 0.15) is 39.0 Å². The second-order valence-electron chi connectivity index (χ2n) is 5.44. The van der Waals surface area contributed by atoms with E-state index in [9.17, 15) is 17.2 Å². The lowest BCUT2D eigenvalue weighted by Crippen LogP contribution is -2.37. The number of nitrogens with one attached hydrogen (secondary N) is 1. The highest BCUT2D eigenvalue weighted by Gasteiger charge is 2.40. The molecule has 0 radical (unpaired) electrons. The van der Waals surface area contributed by atoms with E-state index in [-0.39, 0.29) is 30.6 Å². The van der Waals surface area contributed by atoms with E-state index in [2.05, 4.69) is 5.32 Å². The Bertz CT molecular complexity index is 357. The van der Waals surface area contributed by atoms with Crippen LogP contribution in [0.15, 0.2) is 0 Å². The lowest BCUT2D eigenvalue weighted by Gasteiger charge is -2.21. The molecular weight excluding hydrogens is 260 g/mol. The predicted octanol–water partition coefficient (Wildman–Crippen LogP) is 2.22. The summed E-state index contributed by atoms with van der Waals surface area (Å²) in [7, 11) is -3.07. The third-order valence-corrected chi connectivity index (χ3v) is 4.32. The van der Waals surface area contributed by atoms with Crippen molar-refractivity contribution in [1.29, 1.82) is 0 Å². The Kier molecular flexibility index (Phi) is 5.52. The molecule has 1 N–H and O–H groups in total. The molecule has 1 aliphatic rings. The van der Waals surface area contributed by atoms with Gasteiger partial charge >= 0.3 is 0 Å². The van der Waals surface area contributed by atoms with Gasteiger partial charge in [-0.05, 0) is 31.7 Å². The van der Waals surface area contributed by atoms with Crippen molar-refractivity contribution in [1.82, 2.24) is 5.32 Å². The molecular formula is C12H23F2NO2S. The van der Waals surface area contributed by atoms with Crippen molar-refractivity contribution in [3.8, 4) is 0 Å². The van der Waals surface area contributed by atoms with Crippen molar-refractivity contribution in [3.05, 3.63) is 0 Å². The second kappa shape index (κ2) is 6.28. The molecule has 18 heavy (non-hydrogen) atoms. The molecule has 1 saturated carbocycles. The Labute approximate surface area is 108 Å². The Morgan fingerprint density at radius 1 is 1.44 bits per heavy atom. The van der Waals surface area contributed by atoms with Gasteiger partial charge in [0.15, 0.2) is 0 Å². The van der Waals surface area contributed by atoms with Gasteiger partial charge in [-0.2, -0.15) is 0 Å². The molecule has 0 aliphatic heterocycles. The molecule has 0 heterocycles. The molecule has 2 unspecified atom stereocenters. The summed E-state index contributed by atoms with van der Waals surface area (Å²) in [5, 5.41) is 3.16. The number of alkyl halides is 2. The maximum absolute atomic E-state index is 13.1. The number of hydrogen-bond acceptors (Lipinski definition) is 3. The summed E-state index contributed by atoms with van der Waals surface area (Å²) in [5.74, 6) is -2.57. The molecule has 108 valence electrons. The maximum atomic E-state index is 13.1. The van der Waals surface area contributed by atoms with Gasteiger partial charge in [-0.25, -0.2) is 17.2 Å². The van der Waals surface area contributed by atoms with E-state index < -0.39 is 15.8 Å². The summed E-state index contributed by atoms with van der Waals surface area (Å²) in [6.07, 6.45) is 2.97. The standard InChI is InChI=1S/C12H23F2NO2S/c1-3-6-15-11(9-18(2,16)17)7-10-4-5-12(13,14)8-10/h10-11,15H,3-9H2,1-2H3. The number of rotatable bonds is 7. The first-order valence-corrected chi connectivity index (χ1v) is 8.57. The summed E-state index contributed by atoms with van der Waals surface area (Å²) in [4.78, 5) is 0. The third kappa shape index (κ3) is 6.09. The van der Waals surface area contributed by atoms with Gasteiger partial charge in [-0.15, -0.1) is 0 Å². The Morgan fingerprint density at radius 3 is 2.56 bits per heavy atom. The average molecular weight is 283 g/mol. The van der Waals surface area contributed by atoms with E-state index in [0.29, 0.717) is 12.8 Å². The van der Waals surface area contributed by atoms with E-state index in [4.69, 9.17) is 0 Å². The van der Waals surface area contributed by atoms with Gasteiger partial charge in [0, 0.05) is 25.1 Å². The molecule has 0 aromatic rings. The number of sulfone groups is 1. The monoisotopic (exact) mass is 283 g/mol. The highest BCUT2D eigenvalue weighted by molar-refractivity contribution is 7.90. The zero-order valence-electron chi connectivity index (χ0n) is 11.1. The molecule has 3 nitrogen and oxygen atoms in total. The van der Waals surface area contributed by atoms with Crippen LogP contribution in [0.5, 0.6) is 0 Å². The van der Waals surface area contributed by atoms with Gasteiger partial charge in [0.1, 0.15) is 9.84 Å². The number of hydrogen-bond donors (Lipinski definition) is 1. The first kappa shape index (κ1) is 15.8. The molecule has 0 aromatic carbocycles. The quantitative estimate of drug-likeness (QED) is 0.779. The van der Waals surface area contributed by atoms with Crippen LogP contribution in [0, 0.1) is 5.92 Å². The maximum Gasteiger partial charge on any atom is 0.248 e. The minimum atomic E-state index is -3.07. The summed E-state index contributed by atoms with van der Waals surface area (Å²) in [5.41, 5.74) is 0. The lowest BCUT2D eigenvalue weighted by atomic mass is 9.99. The summed E-state index contributed by atoms with van der Waals surface area (Å²) in [6.45, 7) is 2.72. The summed E-state index contributed by atoms with van der Waals surface area (Å²) in [6, 6.07) is -0.196. The molecule has 0 spiro atoms. The SMILES string of the molecule is CCCNC(CC1CCC(F)(F)C1)CS(C)(=O)=O. The summed E-state index contributed by atoms with van der Waals surface area (Å²) < 4.78 is 48.8. The van der Waals surface area contributed by atoms with Crippen LogP contribution in [0.25, 0.3) is 0 Å². The highest BCUT2D eigenvalue weighted by atomic mass is 32.2. The van der Waals surface area contributed by atoms with Gasteiger partial charge in [0.25, 0.3) is 0 Å². The minimum absolute atomic E-state index is 0.0368. The second-order valence-corrected chi connectivity index (χ2v) is 7.63. The van der Waals surface area contributed by atoms with E-state index in [1.165, 1.54) is 6.26 Å². The Hall–Kier alpha value is -0.230. The average Bonchev–Trinajstić information content (AvgIpc) is 2.52. The normalized spacial score (nSPS) is 25.2. The molecule has 1 aliphatic carbocycles. The molecule has 0 aromatic heterocycles. The minimum Gasteiger partial charge on any atom is -0.313 e. The fourth-order valence-corrected chi connectivity index (χ4v) is 3.55. The van der Waals surface area contributed by atoms with E-state index in [1.54, 1.807) is 0 Å². The van der Waals surface area contributed by atoms with Crippen LogP contribution in [0.3, 0.4) is 0 Å². The molecule has 1 rings (SSSR count). The van der Waals surface area contributed by atoms with Crippen LogP contribution in [0.2, 0.25) is 0 Å². The smallest absolute Gasteiger partial charge is 0.248 e. The number of halogens is 2. The van der Waals surface area contributed by atoms with Crippen molar-refractivity contribution in [3.63, 3.8) is 0 Å². The van der Waals surface area contributed by atoms with E-state index >= 15 is 0 Å². The van der Waals surface area contributed by atoms with Crippen LogP contribution < -0.4 is 5.32 Å². The van der Waals surface area contributed by atoms with Gasteiger partial charge in [-0.1, -0.05) is 6.92 Å². The molecule has 2 atom stereocenters. The van der Waals surface area contributed by atoms with Crippen molar-refractivity contribution in [2.45, 2.75) is 51.0 Å². The van der Waals surface area contributed by atoms with E-state index in [0.717, 1.165) is 13.0 Å². The first-order valence-electron chi connectivity index (χ1n) is 6.51. The van der Waals surface area contributed by atoms with Gasteiger partial charge in [0.05, 0.1) is 5.75 Å². The van der Waals surface area contributed by atoms with Crippen LogP contribution in [0.4, 0.5) is 8.78 Å². The zero-order chi connectivity index (χ0) is 13.8. The van der Waals surface area contributed by atoms with Crippen LogP contribution >= 0.6 is 0 Å². The predicted molar refractivity (Wildman–Crippen MR) is 68.7 cm³/mol. The van der Waals surface area contributed by atoms with Crippen LogP contribution in [-0.4, -0.2) is 38.9 Å². The molecule has 0 amide bonds. The van der Waals surface area contributed by atoms with Crippen LogP contribution in [-0.2, 0) is 9.84 Å². The Morgan fingerprint density at radius 2 is 2.11 bits per heavy atom. The highest BCUT2D eigenvalue weighted by Crippen LogP contribution is 2.40.